The van der Waals surface area contributed by atoms with Crippen LogP contribution in [0.15, 0.2) is 0 Å². The van der Waals surface area contributed by atoms with E-state index in [0.717, 1.165) is 31.8 Å². The van der Waals surface area contributed by atoms with Crippen molar-refractivity contribution in [2.45, 2.75) is 71.0 Å². The van der Waals surface area contributed by atoms with Crippen LogP contribution >= 0.6 is 0 Å². The van der Waals surface area contributed by atoms with Crippen molar-refractivity contribution in [1.29, 1.82) is 0 Å². The maximum absolute atomic E-state index is 12.9. The summed E-state index contributed by atoms with van der Waals surface area (Å²) in [4.78, 5) is 29.4. The zero-order chi connectivity index (χ0) is 16.6. The first-order chi connectivity index (χ1) is 11.0. The predicted octanol–water partition coefficient (Wildman–Crippen LogP) is 1.62. The third-order valence-corrected chi connectivity index (χ3v) is 6.25. The Labute approximate surface area is 139 Å². The molecule has 1 saturated carbocycles. The van der Waals surface area contributed by atoms with Gasteiger partial charge in [-0.15, -0.1) is 0 Å². The Morgan fingerprint density at radius 2 is 1.83 bits per heavy atom. The van der Waals surface area contributed by atoms with E-state index in [9.17, 15) is 9.59 Å². The quantitative estimate of drug-likeness (QED) is 0.841. The van der Waals surface area contributed by atoms with Gasteiger partial charge in [-0.25, -0.2) is 0 Å². The van der Waals surface area contributed by atoms with E-state index in [1.54, 1.807) is 0 Å². The van der Waals surface area contributed by atoms with Crippen molar-refractivity contribution in [1.82, 2.24) is 15.1 Å². The molecule has 3 aliphatic rings. The summed E-state index contributed by atoms with van der Waals surface area (Å²) in [5, 5.41) is 3.41. The highest BCUT2D eigenvalue weighted by Gasteiger charge is 2.41. The van der Waals surface area contributed by atoms with Crippen LogP contribution in [0.5, 0.6) is 0 Å². The Morgan fingerprint density at radius 1 is 1.13 bits per heavy atom. The molecule has 0 aromatic rings. The SMILES string of the molecule is CC1CCC(N2CC(C(=O)N3CCNC(C)C3C)CC2=O)CC1. The van der Waals surface area contributed by atoms with Gasteiger partial charge in [0.05, 0.1) is 5.92 Å². The van der Waals surface area contributed by atoms with E-state index < -0.39 is 0 Å². The second-order valence-electron chi connectivity index (χ2n) is 7.88. The Kier molecular flexibility index (Phi) is 4.95. The number of piperazine rings is 1. The van der Waals surface area contributed by atoms with Crippen LogP contribution in [-0.2, 0) is 9.59 Å². The summed E-state index contributed by atoms with van der Waals surface area (Å²) in [5.74, 6) is 1.03. The van der Waals surface area contributed by atoms with Crippen LogP contribution in [0, 0.1) is 11.8 Å². The fourth-order valence-corrected chi connectivity index (χ4v) is 4.41. The summed E-state index contributed by atoms with van der Waals surface area (Å²) in [6.45, 7) is 8.77. The maximum atomic E-state index is 12.9. The molecule has 1 aliphatic carbocycles. The molecule has 0 spiro atoms. The van der Waals surface area contributed by atoms with Gasteiger partial charge in [0.1, 0.15) is 0 Å². The molecule has 0 bridgehead atoms. The van der Waals surface area contributed by atoms with Gasteiger partial charge in [0.2, 0.25) is 11.8 Å². The number of carbonyl (C=O) groups is 2. The molecular weight excluding hydrogens is 290 g/mol. The molecule has 3 rings (SSSR count). The molecule has 3 unspecified atom stereocenters. The molecular formula is C18H31N3O2. The normalized spacial score (nSPS) is 38.9. The number of hydrogen-bond donors (Lipinski definition) is 1. The Hall–Kier alpha value is -1.10. The highest BCUT2D eigenvalue weighted by atomic mass is 16.2. The molecule has 3 fully saturated rings. The first kappa shape index (κ1) is 16.7. The van der Waals surface area contributed by atoms with Crippen molar-refractivity contribution in [3.05, 3.63) is 0 Å². The lowest BCUT2D eigenvalue weighted by Crippen LogP contribution is -2.58. The van der Waals surface area contributed by atoms with E-state index in [-0.39, 0.29) is 23.8 Å². The fraction of sp³-hybridized carbons (Fsp3) is 0.889. The minimum atomic E-state index is -0.130. The second kappa shape index (κ2) is 6.80. The molecule has 23 heavy (non-hydrogen) atoms. The van der Waals surface area contributed by atoms with Gasteiger partial charge in [-0.2, -0.15) is 0 Å². The summed E-state index contributed by atoms with van der Waals surface area (Å²) in [6, 6.07) is 0.896. The largest absolute Gasteiger partial charge is 0.339 e. The minimum Gasteiger partial charge on any atom is -0.339 e. The van der Waals surface area contributed by atoms with Gasteiger partial charge in [-0.05, 0) is 45.4 Å². The third-order valence-electron chi connectivity index (χ3n) is 6.25. The molecule has 0 radical (unpaired) electrons. The van der Waals surface area contributed by atoms with Crippen LogP contribution in [-0.4, -0.2) is 59.4 Å². The number of nitrogens with one attached hydrogen (secondary N) is 1. The lowest BCUT2D eigenvalue weighted by molar-refractivity contribution is -0.139. The van der Waals surface area contributed by atoms with Gasteiger partial charge >= 0.3 is 0 Å². The predicted molar refractivity (Wildman–Crippen MR) is 89.9 cm³/mol. The van der Waals surface area contributed by atoms with Crippen molar-refractivity contribution < 1.29 is 9.59 Å². The van der Waals surface area contributed by atoms with Crippen LogP contribution in [0.1, 0.15) is 52.9 Å². The van der Waals surface area contributed by atoms with Crippen molar-refractivity contribution in [2.24, 2.45) is 11.8 Å². The van der Waals surface area contributed by atoms with Crippen LogP contribution in [0.3, 0.4) is 0 Å². The highest BCUT2D eigenvalue weighted by Crippen LogP contribution is 2.32. The molecule has 2 heterocycles. The van der Waals surface area contributed by atoms with Gasteiger partial charge in [0.15, 0.2) is 0 Å². The van der Waals surface area contributed by atoms with Crippen molar-refractivity contribution in [3.8, 4) is 0 Å². The zero-order valence-corrected chi connectivity index (χ0v) is 14.8. The summed E-state index contributed by atoms with van der Waals surface area (Å²) in [5.41, 5.74) is 0. The molecule has 130 valence electrons. The number of carbonyl (C=O) groups excluding carboxylic acids is 2. The number of amides is 2. The summed E-state index contributed by atoms with van der Waals surface area (Å²) in [7, 11) is 0. The average Bonchev–Trinajstić information content (AvgIpc) is 2.92. The van der Waals surface area contributed by atoms with Crippen LogP contribution in [0.2, 0.25) is 0 Å². The smallest absolute Gasteiger partial charge is 0.228 e. The van der Waals surface area contributed by atoms with E-state index in [1.807, 2.05) is 9.80 Å². The van der Waals surface area contributed by atoms with Crippen LogP contribution in [0.4, 0.5) is 0 Å². The molecule has 3 atom stereocenters. The first-order valence-electron chi connectivity index (χ1n) is 9.30. The number of likely N-dealkylation sites (tertiary alicyclic amines) is 1. The summed E-state index contributed by atoms with van der Waals surface area (Å²) in [6.07, 6.45) is 5.04. The zero-order valence-electron chi connectivity index (χ0n) is 14.8. The standard InChI is InChI=1S/C18H31N3O2/c1-12-4-6-16(7-5-12)21-11-15(10-17(21)22)18(23)20-9-8-19-13(2)14(20)3/h12-16,19H,4-11H2,1-3H3. The van der Waals surface area contributed by atoms with Crippen LogP contribution in [0.25, 0.3) is 0 Å². The molecule has 2 saturated heterocycles. The van der Waals surface area contributed by atoms with Gasteiger partial charge in [-0.1, -0.05) is 6.92 Å². The first-order valence-corrected chi connectivity index (χ1v) is 9.30. The molecule has 0 aromatic heterocycles. The van der Waals surface area contributed by atoms with E-state index in [1.165, 1.54) is 12.8 Å². The summed E-state index contributed by atoms with van der Waals surface area (Å²) < 4.78 is 0. The molecule has 1 N–H and O–H groups in total. The lowest BCUT2D eigenvalue weighted by Gasteiger charge is -2.40. The number of rotatable bonds is 2. The number of hydrogen-bond acceptors (Lipinski definition) is 3. The average molecular weight is 321 g/mol. The topological polar surface area (TPSA) is 52.7 Å². The van der Waals surface area contributed by atoms with Gasteiger partial charge in [-0.3, -0.25) is 9.59 Å². The third kappa shape index (κ3) is 3.39. The van der Waals surface area contributed by atoms with Gasteiger partial charge < -0.3 is 15.1 Å². The van der Waals surface area contributed by atoms with Crippen LogP contribution < -0.4 is 5.32 Å². The highest BCUT2D eigenvalue weighted by molar-refractivity contribution is 5.89. The molecule has 5 heteroatoms. The van der Waals surface area contributed by atoms with Crippen molar-refractivity contribution in [3.63, 3.8) is 0 Å². The van der Waals surface area contributed by atoms with Crippen molar-refractivity contribution in [2.75, 3.05) is 19.6 Å². The molecule has 2 amide bonds. The fourth-order valence-electron chi connectivity index (χ4n) is 4.41. The van der Waals surface area contributed by atoms with Crippen molar-refractivity contribution >= 4 is 11.8 Å². The lowest BCUT2D eigenvalue weighted by atomic mass is 9.86. The molecule has 0 aromatic carbocycles. The van der Waals surface area contributed by atoms with E-state index >= 15 is 0 Å². The Bertz CT molecular complexity index is 459. The summed E-state index contributed by atoms with van der Waals surface area (Å²) >= 11 is 0. The van der Waals surface area contributed by atoms with E-state index in [2.05, 4.69) is 26.1 Å². The number of nitrogens with zero attached hydrogens (tertiary/aromatic N) is 2. The van der Waals surface area contributed by atoms with Gasteiger partial charge in [0.25, 0.3) is 0 Å². The monoisotopic (exact) mass is 321 g/mol. The van der Waals surface area contributed by atoms with E-state index in [0.29, 0.717) is 25.0 Å². The molecule has 5 nitrogen and oxygen atoms in total. The maximum Gasteiger partial charge on any atom is 0.228 e. The Balaban J connectivity index is 1.61. The minimum absolute atomic E-state index is 0.130. The second-order valence-corrected chi connectivity index (χ2v) is 7.88. The Morgan fingerprint density at radius 3 is 2.52 bits per heavy atom. The van der Waals surface area contributed by atoms with E-state index in [4.69, 9.17) is 0 Å². The van der Waals surface area contributed by atoms with Gasteiger partial charge in [0, 0.05) is 44.2 Å². The molecule has 2 aliphatic heterocycles.